The molecule has 0 saturated carbocycles. The molecule has 0 radical (unpaired) electrons. The predicted molar refractivity (Wildman–Crippen MR) is 98.3 cm³/mol. The van der Waals surface area contributed by atoms with Gasteiger partial charge in [-0.2, -0.15) is 0 Å². The van der Waals surface area contributed by atoms with Gasteiger partial charge in [-0.05, 0) is 52.8 Å². The van der Waals surface area contributed by atoms with Crippen LogP contribution in [0.1, 0.15) is 61.8 Å². The molecule has 0 bridgehead atoms. The van der Waals surface area contributed by atoms with Crippen LogP contribution in [0.2, 0.25) is 0 Å². The Morgan fingerprint density at radius 1 is 1.00 bits per heavy atom. The zero-order valence-corrected chi connectivity index (χ0v) is 14.5. The Labute approximate surface area is 142 Å². The number of rotatable bonds is 5. The van der Waals surface area contributed by atoms with Crippen molar-refractivity contribution in [2.45, 2.75) is 39.5 Å². The second kappa shape index (κ2) is 7.30. The van der Waals surface area contributed by atoms with Crippen molar-refractivity contribution in [1.29, 1.82) is 0 Å². The van der Waals surface area contributed by atoms with Gasteiger partial charge in [0, 0.05) is 6.07 Å². The molecule has 0 aromatic heterocycles. The van der Waals surface area contributed by atoms with Crippen molar-refractivity contribution >= 4 is 17.8 Å². The lowest BCUT2D eigenvalue weighted by Crippen LogP contribution is -1.97. The summed E-state index contributed by atoms with van der Waals surface area (Å²) >= 11 is 0. The largest absolute Gasteiger partial charge is 0.507 e. The molecule has 0 aliphatic carbocycles. The maximum absolute atomic E-state index is 11.1. The van der Waals surface area contributed by atoms with Crippen molar-refractivity contribution in [2.75, 3.05) is 0 Å². The lowest BCUT2D eigenvalue weighted by molar-refractivity contribution is -0.385. The van der Waals surface area contributed by atoms with E-state index in [0.29, 0.717) is 11.3 Å². The Balaban J connectivity index is 2.48. The number of phenolic OH excluding ortho intramolecular Hbond substituents is 1. The van der Waals surface area contributed by atoms with Crippen LogP contribution in [0, 0.1) is 10.1 Å². The van der Waals surface area contributed by atoms with Gasteiger partial charge in [-0.1, -0.05) is 45.9 Å². The molecule has 126 valence electrons. The molecule has 0 aliphatic rings. The molecule has 2 aromatic carbocycles. The second-order valence-corrected chi connectivity index (χ2v) is 6.51. The van der Waals surface area contributed by atoms with E-state index in [1.165, 1.54) is 6.07 Å². The summed E-state index contributed by atoms with van der Waals surface area (Å²) in [5, 5.41) is 21.5. The minimum absolute atomic E-state index is 0.0840. The van der Waals surface area contributed by atoms with E-state index in [1.54, 1.807) is 24.3 Å². The first-order valence-corrected chi connectivity index (χ1v) is 8.09. The highest BCUT2D eigenvalue weighted by Gasteiger charge is 2.15. The van der Waals surface area contributed by atoms with Crippen LogP contribution in [0.5, 0.6) is 5.75 Å². The number of nitro benzene ring substituents is 1. The van der Waals surface area contributed by atoms with Crippen LogP contribution in [-0.4, -0.2) is 10.0 Å². The highest BCUT2D eigenvalue weighted by atomic mass is 16.6. The van der Waals surface area contributed by atoms with E-state index in [4.69, 9.17) is 0 Å². The molecular weight excluding hydrogens is 302 g/mol. The summed E-state index contributed by atoms with van der Waals surface area (Å²) in [7, 11) is 0. The molecule has 0 amide bonds. The third-order valence-corrected chi connectivity index (χ3v) is 4.02. The first-order chi connectivity index (χ1) is 11.3. The topological polar surface area (TPSA) is 63.4 Å². The maximum Gasteiger partial charge on any atom is 0.276 e. The van der Waals surface area contributed by atoms with Crippen LogP contribution in [-0.2, 0) is 0 Å². The molecule has 0 atom stereocenters. The molecule has 2 aromatic rings. The van der Waals surface area contributed by atoms with Gasteiger partial charge in [-0.15, -0.1) is 0 Å². The van der Waals surface area contributed by atoms with E-state index in [0.717, 1.165) is 16.7 Å². The van der Waals surface area contributed by atoms with Crippen molar-refractivity contribution < 1.29 is 10.0 Å². The third kappa shape index (κ3) is 3.82. The van der Waals surface area contributed by atoms with Gasteiger partial charge >= 0.3 is 0 Å². The van der Waals surface area contributed by atoms with Gasteiger partial charge in [0.25, 0.3) is 5.69 Å². The van der Waals surface area contributed by atoms with Crippen LogP contribution in [0.4, 0.5) is 5.69 Å². The molecule has 0 aliphatic heterocycles. The smallest absolute Gasteiger partial charge is 0.276 e. The molecular formula is C20H23NO3. The average molecular weight is 325 g/mol. The second-order valence-electron chi connectivity index (χ2n) is 6.51. The van der Waals surface area contributed by atoms with Crippen LogP contribution in [0.25, 0.3) is 12.2 Å². The van der Waals surface area contributed by atoms with Crippen LogP contribution >= 0.6 is 0 Å². The normalized spacial score (nSPS) is 11.6. The van der Waals surface area contributed by atoms with E-state index in [9.17, 15) is 15.2 Å². The Bertz CT molecular complexity index is 747. The Kier molecular flexibility index (Phi) is 5.39. The number of aromatic hydroxyl groups is 1. The third-order valence-electron chi connectivity index (χ3n) is 4.02. The first-order valence-electron chi connectivity index (χ1n) is 8.09. The summed E-state index contributed by atoms with van der Waals surface area (Å²) in [4.78, 5) is 10.7. The van der Waals surface area contributed by atoms with E-state index in [-0.39, 0.29) is 22.4 Å². The fourth-order valence-electron chi connectivity index (χ4n) is 2.66. The maximum atomic E-state index is 11.1. The van der Waals surface area contributed by atoms with E-state index >= 15 is 0 Å². The number of nitrogens with zero attached hydrogens (tertiary/aromatic N) is 1. The highest BCUT2D eigenvalue weighted by molar-refractivity contribution is 5.75. The van der Waals surface area contributed by atoms with Crippen molar-refractivity contribution in [3.05, 3.63) is 68.8 Å². The monoisotopic (exact) mass is 325 g/mol. The summed E-state index contributed by atoms with van der Waals surface area (Å²) in [6.07, 6.45) is 3.61. The Morgan fingerprint density at radius 3 is 2.04 bits per heavy atom. The average Bonchev–Trinajstić information content (AvgIpc) is 2.53. The summed E-state index contributed by atoms with van der Waals surface area (Å²) in [6, 6.07) is 10.5. The summed E-state index contributed by atoms with van der Waals surface area (Å²) < 4.78 is 0. The van der Waals surface area contributed by atoms with E-state index < -0.39 is 0 Å². The lowest BCUT2D eigenvalue weighted by Gasteiger charge is -2.16. The minimum Gasteiger partial charge on any atom is -0.507 e. The van der Waals surface area contributed by atoms with Crippen LogP contribution in [0.15, 0.2) is 36.4 Å². The van der Waals surface area contributed by atoms with Crippen LogP contribution in [0.3, 0.4) is 0 Å². The molecule has 0 fully saturated rings. The summed E-state index contributed by atoms with van der Waals surface area (Å²) in [6.45, 7) is 8.15. The van der Waals surface area contributed by atoms with Crippen LogP contribution < -0.4 is 0 Å². The van der Waals surface area contributed by atoms with Crippen molar-refractivity contribution in [3.8, 4) is 5.75 Å². The molecule has 0 unspecified atom stereocenters. The predicted octanol–water partition coefficient (Wildman–Crippen LogP) is 5.72. The van der Waals surface area contributed by atoms with E-state index in [2.05, 4.69) is 0 Å². The molecule has 1 N–H and O–H groups in total. The van der Waals surface area contributed by atoms with Gasteiger partial charge in [-0.3, -0.25) is 10.1 Å². The Hall–Kier alpha value is -2.62. The van der Waals surface area contributed by atoms with Gasteiger partial charge < -0.3 is 5.11 Å². The standard InChI is InChI=1S/C20H23NO3/c1-13(2)17-11-15(12-18(14(3)4)20(17)22)9-10-16-7-5-6-8-19(16)21(23)24/h5-14,22H,1-4H3. The van der Waals surface area contributed by atoms with Gasteiger partial charge in [0.05, 0.1) is 10.5 Å². The fraction of sp³-hybridized carbons (Fsp3) is 0.300. The van der Waals surface area contributed by atoms with Gasteiger partial charge in [0.1, 0.15) is 5.75 Å². The fourth-order valence-corrected chi connectivity index (χ4v) is 2.66. The number of nitro groups is 1. The molecule has 0 saturated heterocycles. The number of benzene rings is 2. The molecule has 0 spiro atoms. The number of hydrogen-bond acceptors (Lipinski definition) is 3. The zero-order chi connectivity index (χ0) is 17.9. The zero-order valence-electron chi connectivity index (χ0n) is 14.5. The molecule has 4 heteroatoms. The number of phenols is 1. The Morgan fingerprint density at radius 2 is 1.54 bits per heavy atom. The molecule has 2 rings (SSSR count). The summed E-state index contributed by atoms with van der Waals surface area (Å²) in [5.74, 6) is 0.742. The highest BCUT2D eigenvalue weighted by Crippen LogP contribution is 2.35. The molecule has 24 heavy (non-hydrogen) atoms. The van der Waals surface area contributed by atoms with Crippen molar-refractivity contribution in [2.24, 2.45) is 0 Å². The molecule has 0 heterocycles. The van der Waals surface area contributed by atoms with Crippen molar-refractivity contribution in [1.82, 2.24) is 0 Å². The first kappa shape index (κ1) is 17.7. The minimum atomic E-state index is -0.379. The van der Waals surface area contributed by atoms with Gasteiger partial charge in [-0.25, -0.2) is 0 Å². The lowest BCUT2D eigenvalue weighted by atomic mass is 9.91. The molecule has 4 nitrogen and oxygen atoms in total. The van der Waals surface area contributed by atoms with Crippen molar-refractivity contribution in [3.63, 3.8) is 0 Å². The number of para-hydroxylation sites is 1. The SMILES string of the molecule is CC(C)c1cc(C=Cc2ccccc2[N+](=O)[O-])cc(C(C)C)c1O. The quantitative estimate of drug-likeness (QED) is 0.434. The van der Waals surface area contributed by atoms with Gasteiger partial charge in [0.2, 0.25) is 0 Å². The number of hydrogen-bond donors (Lipinski definition) is 1. The summed E-state index contributed by atoms with van der Waals surface area (Å²) in [5.41, 5.74) is 3.36. The van der Waals surface area contributed by atoms with E-state index in [1.807, 2.05) is 45.9 Å². The van der Waals surface area contributed by atoms with Gasteiger partial charge in [0.15, 0.2) is 0 Å².